The molecule has 19 heavy (non-hydrogen) atoms. The minimum absolute atomic E-state index is 0.0804. The Morgan fingerprint density at radius 3 is 2.32 bits per heavy atom. The van der Waals surface area contributed by atoms with Crippen LogP contribution in [0.15, 0.2) is 29.3 Å². The molecule has 6 nitrogen and oxygen atoms in total. The summed E-state index contributed by atoms with van der Waals surface area (Å²) in [5, 5.41) is 4.42. The zero-order valence-electron chi connectivity index (χ0n) is 9.76. The molecule has 102 valence electrons. The van der Waals surface area contributed by atoms with Crippen LogP contribution in [0.3, 0.4) is 0 Å². The molecule has 0 bridgehead atoms. The Balaban J connectivity index is 2.39. The van der Waals surface area contributed by atoms with E-state index in [1.54, 1.807) is 7.05 Å². The Morgan fingerprint density at radius 2 is 1.84 bits per heavy atom. The van der Waals surface area contributed by atoms with Gasteiger partial charge in [0.2, 0.25) is 0 Å². The van der Waals surface area contributed by atoms with Crippen molar-refractivity contribution < 1.29 is 8.42 Å². The Morgan fingerprint density at radius 1 is 1.26 bits per heavy atom. The molecular formula is C10H10Cl2N4O2S. The molecular weight excluding hydrogens is 311 g/mol. The molecule has 0 unspecified atom stereocenters. The van der Waals surface area contributed by atoms with Gasteiger partial charge in [0.25, 0.3) is 10.0 Å². The van der Waals surface area contributed by atoms with E-state index in [9.17, 15) is 8.42 Å². The van der Waals surface area contributed by atoms with Gasteiger partial charge in [-0.2, -0.15) is 5.10 Å². The van der Waals surface area contributed by atoms with Crippen molar-refractivity contribution in [2.24, 2.45) is 7.05 Å². The number of aryl methyl sites for hydroxylation is 1. The maximum absolute atomic E-state index is 12.1. The third-order valence-corrected chi connectivity index (χ3v) is 4.06. The van der Waals surface area contributed by atoms with Crippen LogP contribution in [0, 0.1) is 0 Å². The Bertz CT molecular complexity index is 707. The van der Waals surface area contributed by atoms with Gasteiger partial charge in [0, 0.05) is 23.3 Å². The van der Waals surface area contributed by atoms with Crippen molar-refractivity contribution in [3.05, 3.63) is 34.4 Å². The summed E-state index contributed by atoms with van der Waals surface area (Å²) in [5.41, 5.74) is 5.79. The second-order valence-corrected chi connectivity index (χ2v) is 6.34. The molecule has 3 N–H and O–H groups in total. The van der Waals surface area contributed by atoms with Gasteiger partial charge < -0.3 is 5.73 Å². The number of nitrogen functional groups attached to an aromatic ring is 1. The first-order valence-electron chi connectivity index (χ1n) is 5.06. The summed E-state index contributed by atoms with van der Waals surface area (Å²) in [4.78, 5) is -0.105. The van der Waals surface area contributed by atoms with Crippen molar-refractivity contribution in [3.63, 3.8) is 0 Å². The highest BCUT2D eigenvalue weighted by Gasteiger charge is 2.21. The molecule has 0 atom stereocenters. The fraction of sp³-hybridized carbons (Fsp3) is 0.100. The number of nitrogens with two attached hydrogens (primary N) is 1. The van der Waals surface area contributed by atoms with E-state index in [0.717, 1.165) is 0 Å². The van der Waals surface area contributed by atoms with Crippen LogP contribution in [0.2, 0.25) is 10.0 Å². The summed E-state index contributed by atoms with van der Waals surface area (Å²) in [6.07, 6.45) is 1.31. The summed E-state index contributed by atoms with van der Waals surface area (Å²) in [6.45, 7) is 0. The lowest BCUT2D eigenvalue weighted by Gasteiger charge is -2.07. The predicted octanol–water partition coefficient (Wildman–Crippen LogP) is 2.11. The van der Waals surface area contributed by atoms with Crippen molar-refractivity contribution >= 4 is 44.7 Å². The summed E-state index contributed by atoms with van der Waals surface area (Å²) in [6, 6.07) is 4.38. The lowest BCUT2D eigenvalue weighted by atomic mass is 10.3. The first-order chi connectivity index (χ1) is 8.78. The second-order valence-electron chi connectivity index (χ2n) is 3.82. The lowest BCUT2D eigenvalue weighted by Crippen LogP contribution is -2.13. The Kier molecular flexibility index (Phi) is 3.62. The van der Waals surface area contributed by atoms with Crippen molar-refractivity contribution in [2.75, 3.05) is 10.5 Å². The topological polar surface area (TPSA) is 90.0 Å². The molecule has 0 saturated heterocycles. The molecule has 2 rings (SSSR count). The van der Waals surface area contributed by atoms with E-state index in [4.69, 9.17) is 28.9 Å². The largest absolute Gasteiger partial charge is 0.381 e. The average molecular weight is 321 g/mol. The van der Waals surface area contributed by atoms with E-state index in [0.29, 0.717) is 10.0 Å². The maximum Gasteiger partial charge on any atom is 0.267 e. The summed E-state index contributed by atoms with van der Waals surface area (Å²) < 4.78 is 27.9. The molecule has 0 aliphatic rings. The number of hydrogen-bond donors (Lipinski definition) is 2. The van der Waals surface area contributed by atoms with Gasteiger partial charge >= 0.3 is 0 Å². The van der Waals surface area contributed by atoms with E-state index in [2.05, 4.69) is 9.82 Å². The van der Waals surface area contributed by atoms with E-state index < -0.39 is 10.0 Å². The first-order valence-corrected chi connectivity index (χ1v) is 7.30. The van der Waals surface area contributed by atoms with Crippen LogP contribution in [0.25, 0.3) is 0 Å². The first kappa shape index (κ1) is 14.0. The van der Waals surface area contributed by atoms with Gasteiger partial charge in [-0.1, -0.05) is 23.2 Å². The molecule has 0 amide bonds. The Hall–Kier alpha value is -1.44. The number of sulfonamides is 1. The van der Waals surface area contributed by atoms with Crippen LogP contribution in [0.5, 0.6) is 0 Å². The van der Waals surface area contributed by atoms with Gasteiger partial charge in [-0.05, 0) is 18.2 Å². The standard InChI is InChI=1S/C10H10Cl2N4O2S/c1-16-5-9(10(13)14-16)19(17,18)15-8-3-6(11)2-7(12)4-8/h2-5,15H,1H3,(H2,13,14). The summed E-state index contributed by atoms with van der Waals surface area (Å²) in [5.74, 6) is -0.0804. The molecule has 1 aromatic carbocycles. The number of rotatable bonds is 3. The summed E-state index contributed by atoms with van der Waals surface area (Å²) in [7, 11) is -2.26. The maximum atomic E-state index is 12.1. The number of nitrogens with one attached hydrogen (secondary N) is 1. The van der Waals surface area contributed by atoms with Gasteiger partial charge in [-0.3, -0.25) is 9.40 Å². The molecule has 0 aliphatic heterocycles. The Labute approximate surface area is 120 Å². The number of benzene rings is 1. The minimum Gasteiger partial charge on any atom is -0.381 e. The van der Waals surface area contributed by atoms with E-state index in [1.807, 2.05) is 0 Å². The number of halogens is 2. The fourth-order valence-electron chi connectivity index (χ4n) is 1.51. The predicted molar refractivity (Wildman–Crippen MR) is 74.9 cm³/mol. The highest BCUT2D eigenvalue weighted by Crippen LogP contribution is 2.25. The fourth-order valence-corrected chi connectivity index (χ4v) is 3.19. The zero-order chi connectivity index (χ0) is 14.2. The van der Waals surface area contributed by atoms with Crippen LogP contribution < -0.4 is 10.5 Å². The van der Waals surface area contributed by atoms with Crippen LogP contribution in [-0.4, -0.2) is 18.2 Å². The van der Waals surface area contributed by atoms with Crippen molar-refractivity contribution in [3.8, 4) is 0 Å². The molecule has 1 aromatic heterocycles. The van der Waals surface area contributed by atoms with Gasteiger partial charge in [0.1, 0.15) is 4.90 Å². The quantitative estimate of drug-likeness (QED) is 0.906. The monoisotopic (exact) mass is 320 g/mol. The van der Waals surface area contributed by atoms with Crippen molar-refractivity contribution in [2.45, 2.75) is 4.90 Å². The summed E-state index contributed by atoms with van der Waals surface area (Å²) >= 11 is 11.6. The third kappa shape index (κ3) is 3.12. The highest BCUT2D eigenvalue weighted by molar-refractivity contribution is 7.92. The van der Waals surface area contributed by atoms with Crippen LogP contribution in [-0.2, 0) is 17.1 Å². The van der Waals surface area contributed by atoms with Crippen molar-refractivity contribution in [1.82, 2.24) is 9.78 Å². The van der Waals surface area contributed by atoms with Gasteiger partial charge in [-0.25, -0.2) is 8.42 Å². The minimum atomic E-state index is -3.83. The van der Waals surface area contributed by atoms with E-state index in [-0.39, 0.29) is 16.4 Å². The normalized spacial score (nSPS) is 11.5. The van der Waals surface area contributed by atoms with Gasteiger partial charge in [0.05, 0.1) is 5.69 Å². The molecule has 9 heteroatoms. The number of anilines is 2. The average Bonchev–Trinajstić information content (AvgIpc) is 2.56. The molecule has 0 saturated carbocycles. The molecule has 0 fully saturated rings. The molecule has 0 aliphatic carbocycles. The van der Waals surface area contributed by atoms with Gasteiger partial charge in [-0.15, -0.1) is 0 Å². The van der Waals surface area contributed by atoms with Crippen LogP contribution in [0.4, 0.5) is 11.5 Å². The lowest BCUT2D eigenvalue weighted by molar-refractivity contribution is 0.601. The van der Waals surface area contributed by atoms with Gasteiger partial charge in [0.15, 0.2) is 5.82 Å². The third-order valence-electron chi connectivity index (χ3n) is 2.23. The van der Waals surface area contributed by atoms with Crippen molar-refractivity contribution in [1.29, 1.82) is 0 Å². The molecule has 2 aromatic rings. The smallest absolute Gasteiger partial charge is 0.267 e. The van der Waals surface area contributed by atoms with Crippen LogP contribution in [0.1, 0.15) is 0 Å². The zero-order valence-corrected chi connectivity index (χ0v) is 12.1. The molecule has 1 heterocycles. The number of hydrogen-bond acceptors (Lipinski definition) is 4. The SMILES string of the molecule is Cn1cc(S(=O)(=O)Nc2cc(Cl)cc(Cl)c2)c(N)n1. The van der Waals surface area contributed by atoms with E-state index >= 15 is 0 Å². The number of nitrogens with zero attached hydrogens (tertiary/aromatic N) is 2. The number of aromatic nitrogens is 2. The van der Waals surface area contributed by atoms with E-state index in [1.165, 1.54) is 29.1 Å². The molecule has 0 radical (unpaired) electrons. The molecule has 0 spiro atoms. The highest BCUT2D eigenvalue weighted by atomic mass is 35.5. The van der Waals surface area contributed by atoms with Crippen LogP contribution >= 0.6 is 23.2 Å². The second kappa shape index (κ2) is 4.92.